The van der Waals surface area contributed by atoms with Crippen LogP contribution in [-0.2, 0) is 0 Å². The van der Waals surface area contributed by atoms with Crippen molar-refractivity contribution < 1.29 is 13.2 Å². The van der Waals surface area contributed by atoms with Crippen LogP contribution in [0.15, 0.2) is 12.1 Å². The number of hydrogen-bond acceptors (Lipinski definition) is 3. The minimum absolute atomic E-state index is 0.0313. The summed E-state index contributed by atoms with van der Waals surface area (Å²) in [6.07, 6.45) is 3.09. The summed E-state index contributed by atoms with van der Waals surface area (Å²) < 4.78 is 39.8. The van der Waals surface area contributed by atoms with Crippen LogP contribution in [-0.4, -0.2) is 21.7 Å². The van der Waals surface area contributed by atoms with Gasteiger partial charge in [0.2, 0.25) is 0 Å². The summed E-state index contributed by atoms with van der Waals surface area (Å²) in [5.41, 5.74) is -0.151. The largest absolute Gasteiger partial charge is 0.307 e. The molecule has 1 atom stereocenters. The quantitative estimate of drug-likeness (QED) is 0.833. The summed E-state index contributed by atoms with van der Waals surface area (Å²) in [6.45, 7) is 0.889. The summed E-state index contributed by atoms with van der Waals surface area (Å²) in [5.74, 6) is -3.39. The molecule has 1 fully saturated rings. The van der Waals surface area contributed by atoms with Gasteiger partial charge in [-0.05, 0) is 31.5 Å². The molecule has 20 heavy (non-hydrogen) atoms. The molecule has 2 aromatic rings. The van der Waals surface area contributed by atoms with Crippen molar-refractivity contribution in [3.8, 4) is 11.4 Å². The van der Waals surface area contributed by atoms with Crippen molar-refractivity contribution in [1.29, 1.82) is 0 Å². The smallest absolute Gasteiger partial charge is 0.195 e. The van der Waals surface area contributed by atoms with Gasteiger partial charge in [0, 0.05) is 0 Å². The Balaban J connectivity index is 1.92. The SMILES string of the molecule is Fc1ccc(-c2n[nH]c(C3CCCCN3)n2)c(F)c1F. The number of H-pyrrole nitrogens is 1. The van der Waals surface area contributed by atoms with E-state index in [1.807, 2.05) is 0 Å². The molecule has 2 N–H and O–H groups in total. The van der Waals surface area contributed by atoms with Gasteiger partial charge in [-0.2, -0.15) is 5.10 Å². The molecule has 1 unspecified atom stereocenters. The Labute approximate surface area is 113 Å². The molecule has 106 valence electrons. The number of benzene rings is 1. The van der Waals surface area contributed by atoms with Crippen molar-refractivity contribution in [1.82, 2.24) is 20.5 Å². The van der Waals surface area contributed by atoms with Gasteiger partial charge in [0.15, 0.2) is 23.3 Å². The van der Waals surface area contributed by atoms with E-state index in [0.717, 1.165) is 37.9 Å². The van der Waals surface area contributed by atoms with Gasteiger partial charge in [0.05, 0.1) is 11.6 Å². The van der Waals surface area contributed by atoms with E-state index in [2.05, 4.69) is 20.5 Å². The standard InChI is InChI=1S/C13H13F3N4/c14-8-5-4-7(10(15)11(8)16)12-18-13(20-19-12)9-3-1-2-6-17-9/h4-5,9,17H,1-3,6H2,(H,18,19,20). The summed E-state index contributed by atoms with van der Waals surface area (Å²) in [5, 5.41) is 9.89. The summed E-state index contributed by atoms with van der Waals surface area (Å²) >= 11 is 0. The lowest BCUT2D eigenvalue weighted by molar-refractivity contribution is 0.398. The van der Waals surface area contributed by atoms with Gasteiger partial charge in [-0.1, -0.05) is 6.42 Å². The molecule has 0 amide bonds. The molecule has 1 aliphatic heterocycles. The summed E-state index contributed by atoms with van der Waals surface area (Å²) in [6, 6.07) is 2.04. The van der Waals surface area contributed by atoms with E-state index in [0.29, 0.717) is 5.82 Å². The van der Waals surface area contributed by atoms with Crippen LogP contribution in [0.4, 0.5) is 13.2 Å². The van der Waals surface area contributed by atoms with Crippen LogP contribution >= 0.6 is 0 Å². The molecule has 3 rings (SSSR count). The number of aromatic nitrogens is 3. The second-order valence-corrected chi connectivity index (χ2v) is 4.77. The van der Waals surface area contributed by atoms with Crippen molar-refractivity contribution in [2.75, 3.05) is 6.54 Å². The third-order valence-electron chi connectivity index (χ3n) is 3.42. The van der Waals surface area contributed by atoms with E-state index < -0.39 is 17.5 Å². The van der Waals surface area contributed by atoms with Gasteiger partial charge in [-0.25, -0.2) is 18.2 Å². The highest BCUT2D eigenvalue weighted by Crippen LogP contribution is 2.25. The molecule has 7 heteroatoms. The van der Waals surface area contributed by atoms with Crippen LogP contribution in [0, 0.1) is 17.5 Å². The van der Waals surface area contributed by atoms with Crippen molar-refractivity contribution in [2.24, 2.45) is 0 Å². The fourth-order valence-electron chi connectivity index (χ4n) is 2.33. The zero-order chi connectivity index (χ0) is 14.1. The van der Waals surface area contributed by atoms with Gasteiger partial charge in [-0.15, -0.1) is 0 Å². The third-order valence-corrected chi connectivity index (χ3v) is 3.42. The highest BCUT2D eigenvalue weighted by molar-refractivity contribution is 5.55. The topological polar surface area (TPSA) is 53.6 Å². The fourth-order valence-corrected chi connectivity index (χ4v) is 2.33. The molecule has 2 heterocycles. The van der Waals surface area contributed by atoms with Gasteiger partial charge in [-0.3, -0.25) is 5.10 Å². The third kappa shape index (κ3) is 2.29. The average molecular weight is 282 g/mol. The summed E-state index contributed by atoms with van der Waals surface area (Å²) in [7, 11) is 0. The van der Waals surface area contributed by atoms with Crippen molar-refractivity contribution >= 4 is 0 Å². The highest BCUT2D eigenvalue weighted by atomic mass is 19.2. The van der Waals surface area contributed by atoms with Crippen LogP contribution in [0.2, 0.25) is 0 Å². The number of rotatable bonds is 2. The maximum Gasteiger partial charge on any atom is 0.195 e. The Morgan fingerprint density at radius 1 is 1.10 bits per heavy atom. The van der Waals surface area contributed by atoms with Crippen molar-refractivity contribution in [3.05, 3.63) is 35.4 Å². The molecule has 0 spiro atoms. The Kier molecular flexibility index (Phi) is 3.43. The molecule has 0 aliphatic carbocycles. The zero-order valence-corrected chi connectivity index (χ0v) is 10.6. The van der Waals surface area contributed by atoms with E-state index >= 15 is 0 Å². The maximum atomic E-state index is 13.7. The number of halogens is 3. The van der Waals surface area contributed by atoms with E-state index in [9.17, 15) is 13.2 Å². The lowest BCUT2D eigenvalue weighted by atomic mass is 10.0. The minimum Gasteiger partial charge on any atom is -0.307 e. The first-order valence-electron chi connectivity index (χ1n) is 6.46. The highest BCUT2D eigenvalue weighted by Gasteiger charge is 2.21. The fraction of sp³-hybridized carbons (Fsp3) is 0.385. The molecule has 0 saturated carbocycles. The van der Waals surface area contributed by atoms with Crippen molar-refractivity contribution in [2.45, 2.75) is 25.3 Å². The monoisotopic (exact) mass is 282 g/mol. The first-order valence-corrected chi connectivity index (χ1v) is 6.46. The number of nitrogens with zero attached hydrogens (tertiary/aromatic N) is 2. The first kappa shape index (κ1) is 13.1. The van der Waals surface area contributed by atoms with E-state index in [1.54, 1.807) is 0 Å². The van der Waals surface area contributed by atoms with Crippen LogP contribution in [0.5, 0.6) is 0 Å². The molecule has 0 radical (unpaired) electrons. The van der Waals surface area contributed by atoms with Gasteiger partial charge < -0.3 is 5.32 Å². The van der Waals surface area contributed by atoms with Gasteiger partial charge >= 0.3 is 0 Å². The molecular formula is C13H13F3N4. The van der Waals surface area contributed by atoms with E-state index in [1.165, 1.54) is 0 Å². The lowest BCUT2D eigenvalue weighted by Crippen LogP contribution is -2.27. The second-order valence-electron chi connectivity index (χ2n) is 4.77. The van der Waals surface area contributed by atoms with Crippen LogP contribution in [0.1, 0.15) is 31.1 Å². The molecule has 1 saturated heterocycles. The predicted molar refractivity (Wildman–Crippen MR) is 66.3 cm³/mol. The summed E-state index contributed by atoms with van der Waals surface area (Å²) in [4.78, 5) is 4.18. The van der Waals surface area contributed by atoms with E-state index in [-0.39, 0.29) is 17.4 Å². The predicted octanol–water partition coefficient (Wildman–Crippen LogP) is 2.70. The Morgan fingerprint density at radius 3 is 2.70 bits per heavy atom. The maximum absolute atomic E-state index is 13.7. The molecular weight excluding hydrogens is 269 g/mol. The molecule has 1 aliphatic rings. The van der Waals surface area contributed by atoms with Crippen LogP contribution < -0.4 is 5.32 Å². The number of aromatic amines is 1. The second kappa shape index (κ2) is 5.24. The first-order chi connectivity index (χ1) is 9.66. The normalized spacial score (nSPS) is 19.2. The molecule has 1 aromatic heterocycles. The Bertz CT molecular complexity index is 620. The number of nitrogens with one attached hydrogen (secondary N) is 2. The average Bonchev–Trinajstić information content (AvgIpc) is 2.95. The molecule has 0 bridgehead atoms. The van der Waals surface area contributed by atoms with Gasteiger partial charge in [0.1, 0.15) is 5.82 Å². The molecule has 1 aromatic carbocycles. The lowest BCUT2D eigenvalue weighted by Gasteiger charge is -2.20. The van der Waals surface area contributed by atoms with E-state index in [4.69, 9.17) is 0 Å². The Morgan fingerprint density at radius 2 is 1.95 bits per heavy atom. The molecule has 4 nitrogen and oxygen atoms in total. The van der Waals surface area contributed by atoms with Crippen molar-refractivity contribution in [3.63, 3.8) is 0 Å². The van der Waals surface area contributed by atoms with Crippen LogP contribution in [0.3, 0.4) is 0 Å². The zero-order valence-electron chi connectivity index (χ0n) is 10.6. The van der Waals surface area contributed by atoms with Gasteiger partial charge in [0.25, 0.3) is 0 Å². The van der Waals surface area contributed by atoms with Crippen LogP contribution in [0.25, 0.3) is 11.4 Å². The number of hydrogen-bond donors (Lipinski definition) is 2. The number of piperidine rings is 1. The minimum atomic E-state index is -1.51. The Hall–Kier alpha value is -1.89.